The molecule has 1 aromatic heterocycles. The van der Waals surface area contributed by atoms with Crippen LogP contribution < -0.4 is 5.32 Å². The second kappa shape index (κ2) is 8.23. The van der Waals surface area contributed by atoms with Crippen LogP contribution >= 0.6 is 11.3 Å². The van der Waals surface area contributed by atoms with E-state index < -0.39 is 30.3 Å². The Morgan fingerprint density at radius 1 is 1.00 bits per heavy atom. The Kier molecular flexibility index (Phi) is 5.74. The van der Waals surface area contributed by atoms with Crippen LogP contribution in [0, 0.1) is 0 Å². The summed E-state index contributed by atoms with van der Waals surface area (Å²) in [7, 11) is 3.26. The second-order valence-corrected chi connectivity index (χ2v) is 7.50. The molecule has 1 saturated heterocycles. The maximum absolute atomic E-state index is 12.4. The van der Waals surface area contributed by atoms with Gasteiger partial charge >= 0.3 is 17.8 Å². The minimum atomic E-state index is -1.03. The molecule has 0 bridgehead atoms. The van der Waals surface area contributed by atoms with Crippen LogP contribution in [0.25, 0.3) is 0 Å². The van der Waals surface area contributed by atoms with Crippen molar-refractivity contribution in [1.29, 1.82) is 0 Å². The number of carbonyl (C=O) groups excluding carboxylic acids is 5. The first-order chi connectivity index (χ1) is 13.8. The van der Waals surface area contributed by atoms with E-state index in [-0.39, 0.29) is 12.5 Å². The summed E-state index contributed by atoms with van der Waals surface area (Å²) in [6.45, 7) is -0.594. The Morgan fingerprint density at radius 2 is 1.66 bits per heavy atom. The summed E-state index contributed by atoms with van der Waals surface area (Å²) in [5, 5.41) is 4.34. The van der Waals surface area contributed by atoms with Gasteiger partial charge in [0.15, 0.2) is 0 Å². The van der Waals surface area contributed by atoms with E-state index in [0.29, 0.717) is 16.2 Å². The number of hydrogen-bond donors (Lipinski definition) is 1. The summed E-state index contributed by atoms with van der Waals surface area (Å²) in [4.78, 5) is 64.4. The lowest BCUT2D eigenvalue weighted by Crippen LogP contribution is -2.38. The molecule has 0 aliphatic carbocycles. The number of nitrogens with one attached hydrogen (secondary N) is 1. The van der Waals surface area contributed by atoms with Gasteiger partial charge in [0.25, 0.3) is 5.91 Å². The van der Waals surface area contributed by atoms with E-state index in [1.54, 1.807) is 43.7 Å². The average Bonchev–Trinajstić information content (AvgIpc) is 3.27. The predicted octanol–water partition coefficient (Wildman–Crippen LogP) is 1.38. The maximum Gasteiger partial charge on any atom is 0.335 e. The summed E-state index contributed by atoms with van der Waals surface area (Å²) >= 11 is 1.35. The Bertz CT molecular complexity index is 969. The van der Waals surface area contributed by atoms with Gasteiger partial charge in [0.1, 0.15) is 6.54 Å². The van der Waals surface area contributed by atoms with Crippen LogP contribution in [0.5, 0.6) is 0 Å². The highest BCUT2D eigenvalue weighted by Gasteiger charge is 2.45. The molecule has 2 aromatic rings. The van der Waals surface area contributed by atoms with Gasteiger partial charge in [0, 0.05) is 30.2 Å². The highest BCUT2D eigenvalue weighted by Crippen LogP contribution is 2.19. The molecule has 1 aliphatic heterocycles. The maximum atomic E-state index is 12.4. The van der Waals surface area contributed by atoms with Crippen molar-refractivity contribution >= 4 is 46.7 Å². The molecule has 0 unspecified atom stereocenters. The van der Waals surface area contributed by atoms with Gasteiger partial charge in [0.05, 0.1) is 6.54 Å². The first-order valence-corrected chi connectivity index (χ1v) is 9.47. The highest BCUT2D eigenvalue weighted by molar-refractivity contribution is 7.09. The number of rotatable bonds is 6. The van der Waals surface area contributed by atoms with Gasteiger partial charge in [0.2, 0.25) is 5.91 Å². The van der Waals surface area contributed by atoms with Crippen molar-refractivity contribution in [3.63, 3.8) is 0 Å². The molecule has 1 N–H and O–H groups in total. The van der Waals surface area contributed by atoms with E-state index in [1.807, 2.05) is 0 Å². The van der Waals surface area contributed by atoms with Gasteiger partial charge in [-0.1, -0.05) is 6.07 Å². The molecule has 0 radical (unpaired) electrons. The van der Waals surface area contributed by atoms with Crippen molar-refractivity contribution in [2.24, 2.45) is 0 Å². The fourth-order valence-corrected chi connectivity index (χ4v) is 3.38. The van der Waals surface area contributed by atoms with Crippen molar-refractivity contribution < 1.29 is 24.0 Å². The molecule has 150 valence electrons. The smallest absolute Gasteiger partial charge is 0.335 e. The van der Waals surface area contributed by atoms with Crippen molar-refractivity contribution in [2.75, 3.05) is 26.0 Å². The monoisotopic (exact) mass is 414 g/mol. The average molecular weight is 414 g/mol. The van der Waals surface area contributed by atoms with E-state index in [4.69, 9.17) is 0 Å². The summed E-state index contributed by atoms with van der Waals surface area (Å²) in [5.74, 6) is -2.80. The number of benzene rings is 1. The van der Waals surface area contributed by atoms with Crippen LogP contribution in [0.1, 0.15) is 15.2 Å². The summed E-state index contributed by atoms with van der Waals surface area (Å²) in [6, 6.07) is 8.88. The number of amides is 6. The molecule has 0 spiro atoms. The third kappa shape index (κ3) is 4.32. The number of carbonyl (C=O) groups is 5. The molecule has 0 atom stereocenters. The molecule has 29 heavy (non-hydrogen) atoms. The summed E-state index contributed by atoms with van der Waals surface area (Å²) in [6.07, 6.45) is 0. The van der Waals surface area contributed by atoms with Gasteiger partial charge < -0.3 is 10.2 Å². The predicted molar refractivity (Wildman–Crippen MR) is 105 cm³/mol. The van der Waals surface area contributed by atoms with E-state index in [0.717, 1.165) is 9.78 Å². The first kappa shape index (κ1) is 20.2. The lowest BCUT2D eigenvalue weighted by molar-refractivity contribution is -0.143. The summed E-state index contributed by atoms with van der Waals surface area (Å²) < 4.78 is 0. The van der Waals surface area contributed by atoms with Gasteiger partial charge in [-0.05, 0) is 35.7 Å². The molecule has 10 heteroatoms. The lowest BCUT2D eigenvalue weighted by atomic mass is 10.2. The van der Waals surface area contributed by atoms with E-state index >= 15 is 0 Å². The fraction of sp³-hybridized carbons (Fsp3) is 0.211. The van der Waals surface area contributed by atoms with Gasteiger partial charge in [-0.25, -0.2) is 9.69 Å². The first-order valence-electron chi connectivity index (χ1n) is 8.59. The normalized spacial score (nSPS) is 13.8. The van der Waals surface area contributed by atoms with E-state index in [1.165, 1.54) is 28.4 Å². The Hall–Kier alpha value is -3.53. The van der Waals surface area contributed by atoms with Crippen LogP contribution in [0.4, 0.5) is 10.5 Å². The molecular formula is C19H18N4O5S. The van der Waals surface area contributed by atoms with Crippen molar-refractivity contribution in [3.05, 3.63) is 52.2 Å². The van der Waals surface area contributed by atoms with Crippen LogP contribution in [0.2, 0.25) is 0 Å². The minimum Gasteiger partial charge on any atom is -0.345 e. The van der Waals surface area contributed by atoms with Crippen LogP contribution in [0.3, 0.4) is 0 Å². The summed E-state index contributed by atoms with van der Waals surface area (Å²) in [5.41, 5.74) is 0.846. The number of imide groups is 2. The van der Waals surface area contributed by atoms with Crippen molar-refractivity contribution in [3.8, 4) is 0 Å². The second-order valence-electron chi connectivity index (χ2n) is 6.47. The topological polar surface area (TPSA) is 107 Å². The standard InChI is InChI=1S/C19H18N4O5S/c1-21(2)16(25)12-5-7-13(8-6-12)20-15(24)11-23-18(27)17(26)22(19(23)28)10-14-4-3-9-29-14/h3-9H,10-11H2,1-2H3,(H,20,24). The van der Waals surface area contributed by atoms with Crippen molar-refractivity contribution in [2.45, 2.75) is 6.54 Å². The van der Waals surface area contributed by atoms with Crippen LogP contribution in [-0.2, 0) is 20.9 Å². The van der Waals surface area contributed by atoms with Gasteiger partial charge in [-0.3, -0.25) is 24.1 Å². The molecule has 1 aliphatic rings. The van der Waals surface area contributed by atoms with Gasteiger partial charge in [-0.15, -0.1) is 11.3 Å². The molecule has 0 saturated carbocycles. The third-order valence-corrected chi connectivity index (χ3v) is 5.01. The number of anilines is 1. The van der Waals surface area contributed by atoms with Crippen LogP contribution in [0.15, 0.2) is 41.8 Å². The zero-order chi connectivity index (χ0) is 21.1. The zero-order valence-corrected chi connectivity index (χ0v) is 16.6. The minimum absolute atomic E-state index is 0.0133. The number of hydrogen-bond acceptors (Lipinski definition) is 6. The Labute approximate surface area is 170 Å². The third-order valence-electron chi connectivity index (χ3n) is 4.15. The fourth-order valence-electron chi connectivity index (χ4n) is 2.69. The Balaban J connectivity index is 1.62. The molecule has 2 heterocycles. The highest BCUT2D eigenvalue weighted by atomic mass is 32.1. The number of nitrogens with zero attached hydrogens (tertiary/aromatic N) is 3. The number of urea groups is 1. The van der Waals surface area contributed by atoms with E-state index in [2.05, 4.69) is 5.32 Å². The molecule has 1 fully saturated rings. The number of thiophene rings is 1. The lowest BCUT2D eigenvalue weighted by Gasteiger charge is -2.15. The molecule has 1 aromatic carbocycles. The van der Waals surface area contributed by atoms with E-state index in [9.17, 15) is 24.0 Å². The SMILES string of the molecule is CN(C)C(=O)c1ccc(NC(=O)CN2C(=O)C(=O)N(Cc3cccs3)C2=O)cc1. The van der Waals surface area contributed by atoms with Crippen LogP contribution in [-0.4, -0.2) is 65.0 Å². The molecular weight excluding hydrogens is 396 g/mol. The van der Waals surface area contributed by atoms with Crippen molar-refractivity contribution in [1.82, 2.24) is 14.7 Å². The quantitative estimate of drug-likeness (QED) is 0.568. The molecule has 9 nitrogen and oxygen atoms in total. The zero-order valence-electron chi connectivity index (χ0n) is 15.7. The molecule has 6 amide bonds. The Morgan fingerprint density at radius 3 is 2.24 bits per heavy atom. The van der Waals surface area contributed by atoms with Gasteiger partial charge in [-0.2, -0.15) is 0 Å². The molecule has 3 rings (SSSR count). The largest absolute Gasteiger partial charge is 0.345 e.